The predicted octanol–water partition coefficient (Wildman–Crippen LogP) is 5.34. The fourth-order valence-electron chi connectivity index (χ4n) is 7.08. The van der Waals surface area contributed by atoms with E-state index in [4.69, 9.17) is 0 Å². The maximum absolute atomic E-state index is 14.0. The van der Waals surface area contributed by atoms with Crippen molar-refractivity contribution in [1.82, 2.24) is 24.7 Å². The first-order valence-corrected chi connectivity index (χ1v) is 14.7. The average molecular weight is 568 g/mol. The Balaban J connectivity index is 1.14. The number of rotatable bonds is 8. The van der Waals surface area contributed by atoms with Gasteiger partial charge in [-0.05, 0) is 49.8 Å². The van der Waals surface area contributed by atoms with Crippen LogP contribution in [0.1, 0.15) is 68.9 Å². The van der Waals surface area contributed by atoms with Crippen LogP contribution >= 0.6 is 0 Å². The summed E-state index contributed by atoms with van der Waals surface area (Å²) in [6.07, 6.45) is -0.162. The van der Waals surface area contributed by atoms with Gasteiger partial charge in [-0.1, -0.05) is 49.4 Å². The molecule has 10 heteroatoms. The molecule has 0 radical (unpaired) electrons. The molecule has 6 rings (SSSR count). The molecule has 41 heavy (non-hydrogen) atoms. The number of para-hydroxylation sites is 2. The number of fused-ring (bicyclic) bond motifs is 3. The van der Waals surface area contributed by atoms with E-state index in [0.717, 1.165) is 24.9 Å². The van der Waals surface area contributed by atoms with Crippen molar-refractivity contribution >= 4 is 22.8 Å². The Morgan fingerprint density at radius 1 is 0.976 bits per heavy atom. The third kappa shape index (κ3) is 5.46. The molecule has 1 N–H and O–H groups in total. The first-order chi connectivity index (χ1) is 19.7. The van der Waals surface area contributed by atoms with Gasteiger partial charge in [0.15, 0.2) is 0 Å². The normalized spacial score (nSPS) is 23.9. The van der Waals surface area contributed by atoms with E-state index in [2.05, 4.69) is 15.2 Å². The van der Waals surface area contributed by atoms with Crippen molar-refractivity contribution in [1.29, 1.82) is 0 Å². The van der Waals surface area contributed by atoms with E-state index >= 15 is 0 Å². The third-order valence-corrected chi connectivity index (χ3v) is 9.18. The molecule has 0 aliphatic carbocycles. The van der Waals surface area contributed by atoms with Gasteiger partial charge in [0, 0.05) is 44.2 Å². The second-order valence-corrected chi connectivity index (χ2v) is 11.6. The van der Waals surface area contributed by atoms with E-state index in [1.165, 1.54) is 4.57 Å². The number of aromatic nitrogens is 2. The lowest BCUT2D eigenvalue weighted by Crippen LogP contribution is -2.56. The van der Waals surface area contributed by atoms with Crippen LogP contribution in [-0.2, 0) is 15.8 Å². The molecule has 1 aromatic heterocycles. The van der Waals surface area contributed by atoms with Gasteiger partial charge in [0.1, 0.15) is 0 Å². The lowest BCUT2D eigenvalue weighted by Gasteiger charge is -2.41. The van der Waals surface area contributed by atoms with Gasteiger partial charge in [-0.15, -0.1) is 0 Å². The summed E-state index contributed by atoms with van der Waals surface area (Å²) in [7, 11) is 0. The number of carbonyl (C=O) groups is 2. The van der Waals surface area contributed by atoms with Crippen molar-refractivity contribution in [3.8, 4) is 0 Å². The van der Waals surface area contributed by atoms with Crippen LogP contribution in [0.2, 0.25) is 0 Å². The Labute approximate surface area is 237 Å². The highest BCUT2D eigenvalue weighted by Crippen LogP contribution is 2.44. The summed E-state index contributed by atoms with van der Waals surface area (Å²) in [4.78, 5) is 33.1. The number of hydrogen-bond donors (Lipinski definition) is 1. The fraction of sp³-hybridized carbons (Fsp3) is 0.516. The summed E-state index contributed by atoms with van der Waals surface area (Å²) >= 11 is 0. The number of likely N-dealkylation sites (tertiary alicyclic amines) is 1. The van der Waals surface area contributed by atoms with Gasteiger partial charge in [0.25, 0.3) is 0 Å². The zero-order chi connectivity index (χ0) is 28.7. The molecule has 3 fully saturated rings. The lowest BCUT2D eigenvalue weighted by molar-refractivity contribution is -0.148. The second-order valence-electron chi connectivity index (χ2n) is 11.6. The SMILES string of the molecule is CCC(=O)N1CC(C(=O)N[C@@H](CCN2C3CCC2CC(n2c(C(F)(F)F)nc4ccccc42)C3)c2ccccc2)C1. The maximum Gasteiger partial charge on any atom is 0.449 e. The molecule has 7 nitrogen and oxygen atoms in total. The van der Waals surface area contributed by atoms with Crippen molar-refractivity contribution in [2.45, 2.75) is 75.8 Å². The first kappa shape index (κ1) is 27.8. The van der Waals surface area contributed by atoms with Gasteiger partial charge in [0.05, 0.1) is 23.0 Å². The Bertz CT molecular complexity index is 1390. The number of alkyl halides is 3. The van der Waals surface area contributed by atoms with Gasteiger partial charge in [-0.25, -0.2) is 4.98 Å². The fourth-order valence-corrected chi connectivity index (χ4v) is 7.08. The van der Waals surface area contributed by atoms with Crippen molar-refractivity contribution in [3.63, 3.8) is 0 Å². The molecule has 2 aromatic carbocycles. The van der Waals surface area contributed by atoms with E-state index in [1.54, 1.807) is 29.2 Å². The molecule has 3 aliphatic heterocycles. The minimum atomic E-state index is -4.52. The lowest BCUT2D eigenvalue weighted by atomic mass is 9.94. The van der Waals surface area contributed by atoms with E-state index in [1.807, 2.05) is 37.3 Å². The van der Waals surface area contributed by atoms with E-state index in [0.29, 0.717) is 49.8 Å². The molecule has 2 amide bonds. The van der Waals surface area contributed by atoms with Gasteiger partial charge in [-0.2, -0.15) is 13.2 Å². The number of nitrogens with zero attached hydrogens (tertiary/aromatic N) is 4. The molecule has 2 unspecified atom stereocenters. The number of halogens is 3. The molecule has 3 atom stereocenters. The van der Waals surface area contributed by atoms with Crippen LogP contribution in [0.25, 0.3) is 11.0 Å². The largest absolute Gasteiger partial charge is 0.449 e. The molecule has 4 heterocycles. The summed E-state index contributed by atoms with van der Waals surface area (Å²) in [5.74, 6) is -0.971. The number of benzene rings is 2. The van der Waals surface area contributed by atoms with Crippen molar-refractivity contribution in [2.24, 2.45) is 5.92 Å². The van der Waals surface area contributed by atoms with E-state index < -0.39 is 12.0 Å². The molecule has 0 spiro atoms. The summed E-state index contributed by atoms with van der Waals surface area (Å²) < 4.78 is 43.5. The zero-order valence-corrected chi connectivity index (χ0v) is 23.2. The number of amides is 2. The van der Waals surface area contributed by atoms with E-state index in [-0.39, 0.29) is 41.9 Å². The summed E-state index contributed by atoms with van der Waals surface area (Å²) in [6, 6.07) is 16.7. The Morgan fingerprint density at radius 3 is 2.29 bits per heavy atom. The van der Waals surface area contributed by atoms with Gasteiger partial charge >= 0.3 is 6.18 Å². The summed E-state index contributed by atoms with van der Waals surface area (Å²) in [5.41, 5.74) is 1.95. The van der Waals surface area contributed by atoms with Crippen molar-refractivity contribution in [3.05, 3.63) is 66.0 Å². The molecule has 3 saturated heterocycles. The Hall–Kier alpha value is -3.40. The zero-order valence-electron chi connectivity index (χ0n) is 23.2. The average Bonchev–Trinajstić information content (AvgIpc) is 3.44. The van der Waals surface area contributed by atoms with Crippen LogP contribution in [0.3, 0.4) is 0 Å². The highest BCUT2D eigenvalue weighted by atomic mass is 19.4. The number of hydrogen-bond acceptors (Lipinski definition) is 4. The van der Waals surface area contributed by atoms with Gasteiger partial charge in [-0.3, -0.25) is 14.5 Å². The number of carbonyl (C=O) groups excluding carboxylic acids is 2. The minimum Gasteiger partial charge on any atom is -0.349 e. The maximum atomic E-state index is 14.0. The topological polar surface area (TPSA) is 70.5 Å². The van der Waals surface area contributed by atoms with Crippen LogP contribution in [0, 0.1) is 5.92 Å². The molecule has 3 aliphatic rings. The van der Waals surface area contributed by atoms with Gasteiger partial charge < -0.3 is 14.8 Å². The Kier molecular flexibility index (Phi) is 7.52. The standard InChI is InChI=1S/C31H36F3N5O2/c1-2-28(40)37-18-21(19-37)29(41)35-25(20-8-4-3-5-9-20)14-15-38-22-12-13-23(38)17-24(16-22)39-27-11-7-6-10-26(27)36-30(39)31(32,33)34/h3-11,21-25H,2,12-19H2,1H3,(H,35,41)/t22?,23?,24?,25-/m0/s1. The molecule has 218 valence electrons. The molecule has 2 bridgehead atoms. The summed E-state index contributed by atoms with van der Waals surface area (Å²) in [5, 5.41) is 3.24. The van der Waals surface area contributed by atoms with Gasteiger partial charge in [0.2, 0.25) is 17.6 Å². The van der Waals surface area contributed by atoms with E-state index in [9.17, 15) is 22.8 Å². The highest BCUT2D eigenvalue weighted by molar-refractivity contribution is 5.84. The highest BCUT2D eigenvalue weighted by Gasteiger charge is 2.45. The third-order valence-electron chi connectivity index (χ3n) is 9.18. The van der Waals surface area contributed by atoms with Crippen LogP contribution < -0.4 is 5.32 Å². The first-order valence-electron chi connectivity index (χ1n) is 14.7. The quantitative estimate of drug-likeness (QED) is 0.399. The molecule has 0 saturated carbocycles. The van der Waals surface area contributed by atoms with Crippen LogP contribution in [0.4, 0.5) is 13.2 Å². The van der Waals surface area contributed by atoms with Crippen LogP contribution in [-0.4, -0.2) is 62.9 Å². The van der Waals surface area contributed by atoms with Crippen LogP contribution in [0.5, 0.6) is 0 Å². The van der Waals surface area contributed by atoms with Crippen LogP contribution in [0.15, 0.2) is 54.6 Å². The predicted molar refractivity (Wildman–Crippen MR) is 149 cm³/mol. The molecular weight excluding hydrogens is 531 g/mol. The summed E-state index contributed by atoms with van der Waals surface area (Å²) in [6.45, 7) is 3.49. The molecular formula is C31H36F3N5O2. The van der Waals surface area contributed by atoms with Crippen molar-refractivity contribution < 1.29 is 22.8 Å². The number of piperidine rings is 1. The monoisotopic (exact) mass is 567 g/mol. The Morgan fingerprint density at radius 2 is 1.63 bits per heavy atom. The minimum absolute atomic E-state index is 0.0349. The number of imidazole rings is 1. The van der Waals surface area contributed by atoms with Crippen molar-refractivity contribution in [2.75, 3.05) is 19.6 Å². The smallest absolute Gasteiger partial charge is 0.349 e. The number of nitrogens with one attached hydrogen (secondary N) is 1. The second kappa shape index (κ2) is 11.1. The molecule has 3 aromatic rings.